The van der Waals surface area contributed by atoms with Gasteiger partial charge in [0.05, 0.1) is 28.4 Å². The van der Waals surface area contributed by atoms with E-state index in [4.69, 9.17) is 16.2 Å². The summed E-state index contributed by atoms with van der Waals surface area (Å²) < 4.78 is 7.78. The highest BCUT2D eigenvalue weighted by molar-refractivity contribution is 7.19. The lowest BCUT2D eigenvalue weighted by Gasteiger charge is -2.27. The van der Waals surface area contributed by atoms with Crippen molar-refractivity contribution in [3.05, 3.63) is 62.8 Å². The van der Waals surface area contributed by atoms with Crippen LogP contribution >= 0.6 is 22.7 Å². The van der Waals surface area contributed by atoms with Gasteiger partial charge in [0.15, 0.2) is 5.58 Å². The van der Waals surface area contributed by atoms with E-state index in [2.05, 4.69) is 4.85 Å². The molecule has 1 aliphatic rings. The molecule has 0 bridgehead atoms. The molecule has 2 N–H and O–H groups in total. The third-order valence-electron chi connectivity index (χ3n) is 5.39. The van der Waals surface area contributed by atoms with Gasteiger partial charge in [0.25, 0.3) is 11.8 Å². The van der Waals surface area contributed by atoms with Crippen LogP contribution in [0.3, 0.4) is 0 Å². The minimum atomic E-state index is -0.537. The molecule has 156 valence electrons. The Bertz CT molecular complexity index is 1380. The molecule has 0 unspecified atom stereocenters. The second-order valence-corrected chi connectivity index (χ2v) is 9.37. The van der Waals surface area contributed by atoms with Crippen LogP contribution in [0.15, 0.2) is 34.7 Å². The zero-order chi connectivity index (χ0) is 21.7. The highest BCUT2D eigenvalue weighted by atomic mass is 32.1. The molecule has 0 atom stereocenters. The zero-order valence-electron chi connectivity index (χ0n) is 16.3. The number of aryl methyl sites for hydroxylation is 1. The van der Waals surface area contributed by atoms with Crippen LogP contribution in [0.25, 0.3) is 26.6 Å². The van der Waals surface area contributed by atoms with Crippen molar-refractivity contribution in [3.63, 3.8) is 0 Å². The first-order valence-electron chi connectivity index (χ1n) is 9.40. The van der Waals surface area contributed by atoms with Crippen molar-refractivity contribution in [2.75, 3.05) is 6.54 Å². The summed E-state index contributed by atoms with van der Waals surface area (Å²) in [5.74, 6) is 0.0367. The Labute approximate surface area is 184 Å². The van der Waals surface area contributed by atoms with Gasteiger partial charge in [0.2, 0.25) is 5.00 Å². The van der Waals surface area contributed by atoms with Crippen molar-refractivity contribution >= 4 is 50.6 Å². The van der Waals surface area contributed by atoms with Crippen LogP contribution in [-0.4, -0.2) is 33.0 Å². The Balaban J connectivity index is 1.40. The third kappa shape index (κ3) is 3.23. The minimum Gasteiger partial charge on any atom is -0.454 e. The standard InChI is InChI=1S/C21H16N4O4S2/c1-22-19-4-3-16(31-19)15-8-12-14(29-15)9-13(24(12)2)21(27)25-6-5-11-7-17(20(26)23-28)30-18(11)10-25/h3-4,7-9,28H,5-6,10H2,2H3,(H,23,26). The van der Waals surface area contributed by atoms with E-state index in [1.165, 1.54) is 22.7 Å². The topological polar surface area (TPSA) is 92.1 Å². The van der Waals surface area contributed by atoms with Gasteiger partial charge in [-0.15, -0.1) is 11.3 Å². The number of thiophene rings is 2. The van der Waals surface area contributed by atoms with Crippen molar-refractivity contribution in [3.8, 4) is 10.6 Å². The van der Waals surface area contributed by atoms with E-state index in [-0.39, 0.29) is 5.91 Å². The molecule has 0 radical (unpaired) electrons. The maximum atomic E-state index is 13.2. The monoisotopic (exact) mass is 452 g/mol. The summed E-state index contributed by atoms with van der Waals surface area (Å²) in [5.41, 5.74) is 4.65. The SMILES string of the molecule is [C-]#[N+]c1ccc(-c2cc3c(cc(C(=O)N4CCc5cc(C(=O)NO)sc5C4)n3C)o2)s1. The number of hydrogen-bond donors (Lipinski definition) is 2. The molecule has 0 saturated heterocycles. The number of furan rings is 1. The lowest BCUT2D eigenvalue weighted by molar-refractivity contribution is 0.0708. The molecule has 10 heteroatoms. The fourth-order valence-electron chi connectivity index (χ4n) is 3.78. The summed E-state index contributed by atoms with van der Waals surface area (Å²) in [6.45, 7) is 8.08. The van der Waals surface area contributed by atoms with Crippen LogP contribution < -0.4 is 5.48 Å². The summed E-state index contributed by atoms with van der Waals surface area (Å²) in [6, 6.07) is 9.03. The van der Waals surface area contributed by atoms with Crippen molar-refractivity contribution in [1.82, 2.24) is 14.9 Å². The van der Waals surface area contributed by atoms with E-state index in [0.29, 0.717) is 46.4 Å². The average Bonchev–Trinajstić information content (AvgIpc) is 3.55. The van der Waals surface area contributed by atoms with Crippen LogP contribution in [0.2, 0.25) is 0 Å². The van der Waals surface area contributed by atoms with Gasteiger partial charge in [-0.1, -0.05) is 6.07 Å². The Kier molecular flexibility index (Phi) is 4.66. The molecule has 5 heterocycles. The Morgan fingerprint density at radius 1 is 1.26 bits per heavy atom. The van der Waals surface area contributed by atoms with Gasteiger partial charge >= 0.3 is 0 Å². The highest BCUT2D eigenvalue weighted by Crippen LogP contribution is 2.37. The molecule has 0 spiro atoms. The maximum absolute atomic E-state index is 13.2. The van der Waals surface area contributed by atoms with Gasteiger partial charge in [-0.05, 0) is 24.1 Å². The molecule has 2 amide bonds. The van der Waals surface area contributed by atoms with E-state index in [1.54, 1.807) is 28.6 Å². The van der Waals surface area contributed by atoms with E-state index in [0.717, 1.165) is 20.8 Å². The number of rotatable bonds is 3. The van der Waals surface area contributed by atoms with Gasteiger partial charge in [-0.3, -0.25) is 14.8 Å². The lowest BCUT2D eigenvalue weighted by atomic mass is 10.1. The number of aromatic nitrogens is 1. The highest BCUT2D eigenvalue weighted by Gasteiger charge is 2.27. The van der Waals surface area contributed by atoms with Crippen molar-refractivity contribution < 1.29 is 19.2 Å². The molecule has 1 aliphatic heterocycles. The lowest BCUT2D eigenvalue weighted by Crippen LogP contribution is -2.36. The summed E-state index contributed by atoms with van der Waals surface area (Å²) in [4.78, 5) is 32.3. The second-order valence-electron chi connectivity index (χ2n) is 7.18. The maximum Gasteiger partial charge on any atom is 0.284 e. The van der Waals surface area contributed by atoms with Gasteiger partial charge in [-0.25, -0.2) is 10.3 Å². The summed E-state index contributed by atoms with van der Waals surface area (Å²) >= 11 is 2.65. The third-order valence-corrected chi connectivity index (χ3v) is 7.54. The fourth-order valence-corrected chi connectivity index (χ4v) is 5.64. The Hall–Kier alpha value is -3.39. The first kappa shape index (κ1) is 19.6. The van der Waals surface area contributed by atoms with Crippen LogP contribution in [0.1, 0.15) is 30.6 Å². The predicted octanol–water partition coefficient (Wildman–Crippen LogP) is 4.43. The molecule has 0 aliphatic carbocycles. The minimum absolute atomic E-state index is 0.103. The average molecular weight is 453 g/mol. The van der Waals surface area contributed by atoms with Crippen LogP contribution in [0, 0.1) is 6.57 Å². The first-order chi connectivity index (χ1) is 15.0. The Morgan fingerprint density at radius 2 is 2.10 bits per heavy atom. The summed E-state index contributed by atoms with van der Waals surface area (Å²) in [5, 5.41) is 9.44. The van der Waals surface area contributed by atoms with Gasteiger partial charge in [0.1, 0.15) is 11.5 Å². The molecule has 0 fully saturated rings. The molecule has 5 rings (SSSR count). The molecule has 4 aromatic rings. The first-order valence-corrected chi connectivity index (χ1v) is 11.0. The van der Waals surface area contributed by atoms with Crippen LogP contribution in [-0.2, 0) is 20.0 Å². The van der Waals surface area contributed by atoms with E-state index >= 15 is 0 Å². The van der Waals surface area contributed by atoms with Crippen molar-refractivity contribution in [1.29, 1.82) is 0 Å². The molecule has 31 heavy (non-hydrogen) atoms. The largest absolute Gasteiger partial charge is 0.454 e. The Morgan fingerprint density at radius 3 is 2.81 bits per heavy atom. The van der Waals surface area contributed by atoms with Gasteiger partial charge in [0, 0.05) is 30.6 Å². The number of hydrogen-bond acceptors (Lipinski definition) is 6. The van der Waals surface area contributed by atoms with E-state index < -0.39 is 5.91 Å². The predicted molar refractivity (Wildman–Crippen MR) is 117 cm³/mol. The molecular weight excluding hydrogens is 436 g/mol. The van der Waals surface area contributed by atoms with Crippen LogP contribution in [0.5, 0.6) is 0 Å². The number of carbonyl (C=O) groups is 2. The molecule has 8 nitrogen and oxygen atoms in total. The van der Waals surface area contributed by atoms with Crippen molar-refractivity contribution in [2.24, 2.45) is 7.05 Å². The van der Waals surface area contributed by atoms with Gasteiger partial charge in [-0.2, -0.15) is 11.3 Å². The second kappa shape index (κ2) is 7.39. The summed E-state index contributed by atoms with van der Waals surface area (Å²) in [7, 11) is 1.83. The molecule has 0 saturated carbocycles. The van der Waals surface area contributed by atoms with Gasteiger partial charge < -0.3 is 13.9 Å². The number of fused-ring (bicyclic) bond motifs is 2. The molecular formula is C21H16N4O4S2. The number of hydroxylamine groups is 1. The normalized spacial score (nSPS) is 13.3. The van der Waals surface area contributed by atoms with E-state index in [1.807, 2.05) is 23.7 Å². The van der Waals surface area contributed by atoms with Crippen LogP contribution in [0.4, 0.5) is 5.00 Å². The number of nitrogens with zero attached hydrogens (tertiary/aromatic N) is 3. The quantitative estimate of drug-likeness (QED) is 0.273. The fraction of sp³-hybridized carbons (Fsp3) is 0.190. The van der Waals surface area contributed by atoms with E-state index in [9.17, 15) is 9.59 Å². The zero-order valence-corrected chi connectivity index (χ0v) is 18.0. The number of amides is 2. The smallest absolute Gasteiger partial charge is 0.284 e. The number of nitrogens with one attached hydrogen (secondary N) is 1. The van der Waals surface area contributed by atoms with Crippen molar-refractivity contribution in [2.45, 2.75) is 13.0 Å². The molecule has 4 aromatic heterocycles. The summed E-state index contributed by atoms with van der Waals surface area (Å²) in [6.07, 6.45) is 0.655. The number of carbonyl (C=O) groups excluding carboxylic acids is 2. The molecule has 0 aromatic carbocycles.